The summed E-state index contributed by atoms with van der Waals surface area (Å²) in [5.41, 5.74) is 3.07. The largest absolute Gasteiger partial charge is 0.444 e. The zero-order valence-corrected chi connectivity index (χ0v) is 13.8. The predicted octanol–water partition coefficient (Wildman–Crippen LogP) is 3.44. The van der Waals surface area contributed by atoms with E-state index in [4.69, 9.17) is 10.00 Å². The van der Waals surface area contributed by atoms with Gasteiger partial charge in [-0.25, -0.2) is 4.79 Å². The van der Waals surface area contributed by atoms with Crippen LogP contribution in [0.15, 0.2) is 12.1 Å². The van der Waals surface area contributed by atoms with Gasteiger partial charge in [0.25, 0.3) is 0 Å². The molecule has 4 heteroatoms. The molecule has 0 aliphatic heterocycles. The summed E-state index contributed by atoms with van der Waals surface area (Å²) in [4.78, 5) is 11.5. The summed E-state index contributed by atoms with van der Waals surface area (Å²) in [6.45, 7) is 9.79. The third kappa shape index (κ3) is 5.89. The Morgan fingerprint density at radius 1 is 1.27 bits per heavy atom. The molecule has 1 rings (SSSR count). The quantitative estimate of drug-likeness (QED) is 0.672. The molecular weight excluding hydrogens is 276 g/mol. The highest BCUT2D eigenvalue weighted by molar-refractivity contribution is 5.67. The molecule has 0 fully saturated rings. The van der Waals surface area contributed by atoms with Gasteiger partial charge in [-0.15, -0.1) is 0 Å². The van der Waals surface area contributed by atoms with E-state index in [0.29, 0.717) is 18.5 Å². The molecule has 0 radical (unpaired) electrons. The molecule has 0 saturated heterocycles. The minimum Gasteiger partial charge on any atom is -0.444 e. The van der Waals surface area contributed by atoms with Crippen LogP contribution in [0.1, 0.15) is 49.4 Å². The van der Waals surface area contributed by atoms with Gasteiger partial charge >= 0.3 is 6.09 Å². The lowest BCUT2D eigenvalue weighted by molar-refractivity contribution is 0.0529. The molecule has 0 atom stereocenters. The third-order valence-corrected chi connectivity index (χ3v) is 2.79. The van der Waals surface area contributed by atoms with Gasteiger partial charge in [-0.2, -0.15) is 5.26 Å². The normalized spacial score (nSPS) is 10.2. The van der Waals surface area contributed by atoms with E-state index in [1.165, 1.54) is 0 Å². The summed E-state index contributed by atoms with van der Waals surface area (Å²) in [6, 6.07) is 5.79. The highest BCUT2D eigenvalue weighted by atomic mass is 16.6. The van der Waals surface area contributed by atoms with Crippen LogP contribution >= 0.6 is 0 Å². The third-order valence-electron chi connectivity index (χ3n) is 2.79. The maximum Gasteiger partial charge on any atom is 0.407 e. The van der Waals surface area contributed by atoms with E-state index in [1.54, 1.807) is 0 Å². The maximum atomic E-state index is 11.5. The Balaban J connectivity index is 2.56. The number of hydrogen-bond donors (Lipinski definition) is 1. The number of nitrogens with zero attached hydrogens (tertiary/aromatic N) is 1. The highest BCUT2D eigenvalue weighted by Crippen LogP contribution is 2.15. The first-order valence-corrected chi connectivity index (χ1v) is 7.20. The smallest absolute Gasteiger partial charge is 0.407 e. The highest BCUT2D eigenvalue weighted by Gasteiger charge is 2.15. The number of amides is 1. The van der Waals surface area contributed by atoms with Crippen molar-refractivity contribution in [1.29, 1.82) is 5.26 Å². The summed E-state index contributed by atoms with van der Waals surface area (Å²) >= 11 is 0. The average Bonchev–Trinajstić information content (AvgIpc) is 2.38. The van der Waals surface area contributed by atoms with Gasteiger partial charge in [-0.3, -0.25) is 0 Å². The first kappa shape index (κ1) is 17.6. The summed E-state index contributed by atoms with van der Waals surface area (Å²) in [5, 5.41) is 11.6. The Kier molecular flexibility index (Phi) is 6.01. The van der Waals surface area contributed by atoms with Gasteiger partial charge in [0.05, 0.1) is 11.6 Å². The molecule has 1 amide bonds. The fourth-order valence-corrected chi connectivity index (χ4v) is 1.92. The van der Waals surface area contributed by atoms with Gasteiger partial charge < -0.3 is 10.1 Å². The predicted molar refractivity (Wildman–Crippen MR) is 86.4 cm³/mol. The molecule has 116 valence electrons. The van der Waals surface area contributed by atoms with Crippen molar-refractivity contribution in [3.8, 4) is 17.9 Å². The molecule has 22 heavy (non-hydrogen) atoms. The second-order valence-electron chi connectivity index (χ2n) is 6.08. The van der Waals surface area contributed by atoms with Crippen molar-refractivity contribution in [2.75, 3.05) is 6.54 Å². The number of carbonyl (C=O) groups is 1. The molecule has 1 N–H and O–H groups in total. The van der Waals surface area contributed by atoms with Crippen molar-refractivity contribution < 1.29 is 9.53 Å². The van der Waals surface area contributed by atoms with Crippen LogP contribution in [0, 0.1) is 37.0 Å². The molecular formula is C18H22N2O2. The van der Waals surface area contributed by atoms with E-state index >= 15 is 0 Å². The van der Waals surface area contributed by atoms with Gasteiger partial charge in [0, 0.05) is 18.5 Å². The minimum atomic E-state index is -0.494. The number of ether oxygens (including phenoxy) is 1. The number of alkyl carbamates (subject to hydrolysis) is 1. The van der Waals surface area contributed by atoms with Crippen molar-refractivity contribution in [2.24, 2.45) is 0 Å². The fraction of sp³-hybridized carbons (Fsp3) is 0.444. The minimum absolute atomic E-state index is 0.431. The van der Waals surface area contributed by atoms with Crippen molar-refractivity contribution in [1.82, 2.24) is 5.32 Å². The SMILES string of the molecule is Cc1cc(C#N)cc(C)c1C#CCCNC(=O)OC(C)(C)C. The summed E-state index contributed by atoms with van der Waals surface area (Å²) in [7, 11) is 0. The lowest BCUT2D eigenvalue weighted by Crippen LogP contribution is -2.32. The second-order valence-corrected chi connectivity index (χ2v) is 6.08. The van der Waals surface area contributed by atoms with Crippen LogP contribution in [0.5, 0.6) is 0 Å². The Morgan fingerprint density at radius 2 is 1.86 bits per heavy atom. The molecule has 4 nitrogen and oxygen atoms in total. The van der Waals surface area contributed by atoms with Crippen LogP contribution < -0.4 is 5.32 Å². The van der Waals surface area contributed by atoms with Gasteiger partial charge in [0.15, 0.2) is 0 Å². The fourth-order valence-electron chi connectivity index (χ4n) is 1.92. The van der Waals surface area contributed by atoms with Gasteiger partial charge in [-0.05, 0) is 57.9 Å². The van der Waals surface area contributed by atoms with E-state index in [0.717, 1.165) is 16.7 Å². The molecule has 0 saturated carbocycles. The molecule has 1 aromatic rings. The first-order chi connectivity index (χ1) is 10.2. The molecule has 0 aliphatic carbocycles. The molecule has 0 unspecified atom stereocenters. The topological polar surface area (TPSA) is 62.1 Å². The Morgan fingerprint density at radius 3 is 2.36 bits per heavy atom. The second kappa shape index (κ2) is 7.52. The Hall–Kier alpha value is -2.46. The lowest BCUT2D eigenvalue weighted by atomic mass is 10.00. The number of benzene rings is 1. The van der Waals surface area contributed by atoms with Crippen LogP contribution in [0.25, 0.3) is 0 Å². The zero-order chi connectivity index (χ0) is 16.8. The number of nitrogens with one attached hydrogen (secondary N) is 1. The van der Waals surface area contributed by atoms with Crippen molar-refractivity contribution in [3.05, 3.63) is 34.4 Å². The van der Waals surface area contributed by atoms with Crippen molar-refractivity contribution in [2.45, 2.75) is 46.6 Å². The molecule has 0 heterocycles. The first-order valence-electron chi connectivity index (χ1n) is 7.20. The van der Waals surface area contributed by atoms with E-state index in [1.807, 2.05) is 46.8 Å². The number of nitriles is 1. The zero-order valence-electron chi connectivity index (χ0n) is 13.8. The van der Waals surface area contributed by atoms with Crippen LogP contribution in [-0.4, -0.2) is 18.2 Å². The maximum absolute atomic E-state index is 11.5. The standard InChI is InChI=1S/C18H22N2O2/c1-13-10-15(12-19)11-14(2)16(13)8-6-7-9-20-17(21)22-18(3,4)5/h10-11H,7,9H2,1-5H3,(H,20,21). The lowest BCUT2D eigenvalue weighted by Gasteiger charge is -2.19. The number of aryl methyl sites for hydroxylation is 2. The Bertz CT molecular complexity index is 629. The summed E-state index contributed by atoms with van der Waals surface area (Å²) < 4.78 is 5.14. The van der Waals surface area contributed by atoms with E-state index < -0.39 is 11.7 Å². The summed E-state index contributed by atoms with van der Waals surface area (Å²) in [6.07, 6.45) is 0.109. The van der Waals surface area contributed by atoms with Crippen LogP contribution in [0.2, 0.25) is 0 Å². The Labute approximate surface area is 132 Å². The van der Waals surface area contributed by atoms with Crippen molar-refractivity contribution >= 4 is 6.09 Å². The van der Waals surface area contributed by atoms with Crippen LogP contribution in [0.4, 0.5) is 4.79 Å². The van der Waals surface area contributed by atoms with Gasteiger partial charge in [0.2, 0.25) is 0 Å². The number of hydrogen-bond acceptors (Lipinski definition) is 3. The molecule has 0 aliphatic rings. The van der Waals surface area contributed by atoms with Crippen molar-refractivity contribution in [3.63, 3.8) is 0 Å². The van der Waals surface area contributed by atoms with Gasteiger partial charge in [-0.1, -0.05) is 11.8 Å². The van der Waals surface area contributed by atoms with Gasteiger partial charge in [0.1, 0.15) is 5.60 Å². The number of carbonyl (C=O) groups excluding carboxylic acids is 1. The van der Waals surface area contributed by atoms with E-state index in [2.05, 4.69) is 23.2 Å². The van der Waals surface area contributed by atoms with E-state index in [9.17, 15) is 4.79 Å². The number of rotatable bonds is 2. The monoisotopic (exact) mass is 298 g/mol. The summed E-state index contributed by atoms with van der Waals surface area (Å²) in [5.74, 6) is 6.14. The molecule has 0 spiro atoms. The van der Waals surface area contributed by atoms with Crippen LogP contribution in [0.3, 0.4) is 0 Å². The van der Waals surface area contributed by atoms with E-state index in [-0.39, 0.29) is 0 Å². The molecule has 0 bridgehead atoms. The molecule has 1 aromatic carbocycles. The van der Waals surface area contributed by atoms with Crippen LogP contribution in [-0.2, 0) is 4.74 Å². The molecule has 0 aromatic heterocycles. The average molecular weight is 298 g/mol.